The Balaban J connectivity index is 1.56. The highest BCUT2D eigenvalue weighted by atomic mass is 19.4. The van der Waals surface area contributed by atoms with Crippen LogP contribution in [0.25, 0.3) is 0 Å². The van der Waals surface area contributed by atoms with Gasteiger partial charge in [0.15, 0.2) is 6.10 Å². The third kappa shape index (κ3) is 5.39. The average Bonchev–Trinajstić information content (AvgIpc) is 3.27. The molecule has 3 aromatic rings. The molecular formula is C25H20F4N2O2. The summed E-state index contributed by atoms with van der Waals surface area (Å²) < 4.78 is 53.8. The predicted molar refractivity (Wildman–Crippen MR) is 115 cm³/mol. The summed E-state index contributed by atoms with van der Waals surface area (Å²) in [6.45, 7) is -0.110. The highest BCUT2D eigenvalue weighted by Crippen LogP contribution is 2.30. The van der Waals surface area contributed by atoms with Crippen LogP contribution in [-0.2, 0) is 17.6 Å². The van der Waals surface area contributed by atoms with Gasteiger partial charge in [0.05, 0.1) is 23.4 Å². The molecule has 1 heterocycles. The summed E-state index contributed by atoms with van der Waals surface area (Å²) in [4.78, 5) is 20.0. The van der Waals surface area contributed by atoms with E-state index in [-0.39, 0.29) is 24.2 Å². The van der Waals surface area contributed by atoms with Gasteiger partial charge >= 0.3 is 6.18 Å². The second-order valence-corrected chi connectivity index (χ2v) is 7.70. The molecule has 1 amide bonds. The summed E-state index contributed by atoms with van der Waals surface area (Å²) in [6, 6.07) is 19.6. The Morgan fingerprint density at radius 1 is 1.00 bits per heavy atom. The maximum Gasteiger partial charge on any atom is 0.416 e. The molecule has 0 aliphatic carbocycles. The number of carbonyl (C=O) groups excluding carboxylic acids is 1. The van der Waals surface area contributed by atoms with Gasteiger partial charge in [-0.25, -0.2) is 4.39 Å². The number of halogens is 4. The number of hydrogen-bond donors (Lipinski definition) is 0. The van der Waals surface area contributed by atoms with Crippen molar-refractivity contribution < 1.29 is 27.2 Å². The number of rotatable bonds is 6. The standard InChI is InChI=1S/C25H20F4N2O2/c26-22-12-5-4-11-21(22)24(32)31(15-17-7-6-10-19(13-17)25(27,28)29)16-20-14-23(30-33-20)18-8-2-1-3-9-18/h1-13,20H,14-16H2/t20-/m0/s1. The third-order valence-electron chi connectivity index (χ3n) is 5.28. The summed E-state index contributed by atoms with van der Waals surface area (Å²) in [5.41, 5.74) is 0.885. The van der Waals surface area contributed by atoms with Crippen LogP contribution in [0.5, 0.6) is 0 Å². The summed E-state index contributed by atoms with van der Waals surface area (Å²) in [5, 5.41) is 4.10. The summed E-state index contributed by atoms with van der Waals surface area (Å²) in [7, 11) is 0. The van der Waals surface area contributed by atoms with Crippen LogP contribution < -0.4 is 0 Å². The topological polar surface area (TPSA) is 41.9 Å². The molecule has 0 bridgehead atoms. The Morgan fingerprint density at radius 3 is 2.45 bits per heavy atom. The minimum Gasteiger partial charge on any atom is -0.390 e. The Bertz CT molecular complexity index is 1160. The van der Waals surface area contributed by atoms with Crippen molar-refractivity contribution in [3.05, 3.63) is 107 Å². The Hall–Kier alpha value is -3.68. The van der Waals surface area contributed by atoms with Crippen molar-refractivity contribution in [3.8, 4) is 0 Å². The van der Waals surface area contributed by atoms with Gasteiger partial charge in [0.2, 0.25) is 0 Å². The number of alkyl halides is 3. The highest BCUT2D eigenvalue weighted by molar-refractivity contribution is 6.01. The van der Waals surface area contributed by atoms with Gasteiger partial charge in [-0.1, -0.05) is 59.8 Å². The third-order valence-corrected chi connectivity index (χ3v) is 5.28. The molecule has 170 valence electrons. The lowest BCUT2D eigenvalue weighted by Crippen LogP contribution is -2.37. The van der Waals surface area contributed by atoms with E-state index in [9.17, 15) is 22.4 Å². The van der Waals surface area contributed by atoms with Crippen LogP contribution in [0.15, 0.2) is 84.0 Å². The Morgan fingerprint density at radius 2 is 1.73 bits per heavy atom. The number of hydrogen-bond acceptors (Lipinski definition) is 3. The van der Waals surface area contributed by atoms with Crippen LogP contribution in [0.3, 0.4) is 0 Å². The monoisotopic (exact) mass is 456 g/mol. The lowest BCUT2D eigenvalue weighted by Gasteiger charge is -2.25. The molecule has 0 saturated heterocycles. The maximum atomic E-state index is 14.3. The highest BCUT2D eigenvalue weighted by Gasteiger charge is 2.32. The van der Waals surface area contributed by atoms with Crippen LogP contribution in [0.1, 0.15) is 33.5 Å². The van der Waals surface area contributed by atoms with E-state index in [1.54, 1.807) is 0 Å². The first-order valence-electron chi connectivity index (χ1n) is 10.3. The molecule has 0 fully saturated rings. The molecule has 3 aromatic carbocycles. The first-order chi connectivity index (χ1) is 15.8. The predicted octanol–water partition coefficient (Wildman–Crippen LogP) is 5.68. The number of nitrogens with zero attached hydrogens (tertiary/aromatic N) is 2. The van der Waals surface area contributed by atoms with Crippen molar-refractivity contribution >= 4 is 11.6 Å². The molecule has 1 atom stereocenters. The zero-order chi connectivity index (χ0) is 23.4. The quantitative estimate of drug-likeness (QED) is 0.448. The van der Waals surface area contributed by atoms with Gasteiger partial charge in [0.1, 0.15) is 5.82 Å². The van der Waals surface area contributed by atoms with Gasteiger partial charge in [-0.05, 0) is 35.4 Å². The minimum atomic E-state index is -4.51. The zero-order valence-corrected chi connectivity index (χ0v) is 17.4. The molecule has 0 unspecified atom stereocenters. The number of oxime groups is 1. The normalized spacial score (nSPS) is 15.6. The van der Waals surface area contributed by atoms with Gasteiger partial charge in [-0.15, -0.1) is 0 Å². The second kappa shape index (κ2) is 9.44. The maximum absolute atomic E-state index is 14.3. The fraction of sp³-hybridized carbons (Fsp3) is 0.200. The van der Waals surface area contributed by atoms with E-state index >= 15 is 0 Å². The van der Waals surface area contributed by atoms with Gasteiger partial charge < -0.3 is 9.74 Å². The molecule has 0 N–H and O–H groups in total. The van der Waals surface area contributed by atoms with Crippen molar-refractivity contribution in [3.63, 3.8) is 0 Å². The van der Waals surface area contributed by atoms with Crippen LogP contribution in [0, 0.1) is 5.82 Å². The van der Waals surface area contributed by atoms with E-state index in [4.69, 9.17) is 4.84 Å². The SMILES string of the molecule is O=C(c1ccccc1F)N(Cc1cccc(C(F)(F)F)c1)C[C@@H]1CC(c2ccccc2)=NO1. The molecule has 1 aliphatic heterocycles. The van der Waals surface area contributed by atoms with E-state index < -0.39 is 29.6 Å². The van der Waals surface area contributed by atoms with Crippen molar-refractivity contribution in [1.29, 1.82) is 0 Å². The Kier molecular flexibility index (Phi) is 6.44. The fourth-order valence-corrected chi connectivity index (χ4v) is 3.66. The van der Waals surface area contributed by atoms with Crippen LogP contribution in [0.2, 0.25) is 0 Å². The van der Waals surface area contributed by atoms with Gasteiger partial charge in [0.25, 0.3) is 5.91 Å². The molecule has 0 radical (unpaired) electrons. The minimum absolute atomic E-state index is 0.0310. The molecule has 0 spiro atoms. The summed E-state index contributed by atoms with van der Waals surface area (Å²) >= 11 is 0. The average molecular weight is 456 g/mol. The first-order valence-corrected chi connectivity index (χ1v) is 10.3. The van der Waals surface area contributed by atoms with Crippen molar-refractivity contribution in [2.45, 2.75) is 25.2 Å². The molecule has 4 nitrogen and oxygen atoms in total. The molecule has 1 aliphatic rings. The lowest BCUT2D eigenvalue weighted by molar-refractivity contribution is -0.137. The number of amides is 1. The summed E-state index contributed by atoms with van der Waals surface area (Å²) in [5.74, 6) is -1.34. The molecular weight excluding hydrogens is 436 g/mol. The fourth-order valence-electron chi connectivity index (χ4n) is 3.66. The van der Waals surface area contributed by atoms with Crippen LogP contribution in [0.4, 0.5) is 17.6 Å². The second-order valence-electron chi connectivity index (χ2n) is 7.70. The van der Waals surface area contributed by atoms with Crippen molar-refractivity contribution in [2.24, 2.45) is 5.16 Å². The van der Waals surface area contributed by atoms with Gasteiger partial charge in [0, 0.05) is 13.0 Å². The van der Waals surface area contributed by atoms with Gasteiger partial charge in [-0.3, -0.25) is 4.79 Å². The Labute approximate surface area is 188 Å². The number of carbonyl (C=O) groups is 1. The molecule has 8 heteroatoms. The first kappa shape index (κ1) is 22.5. The number of benzene rings is 3. The largest absolute Gasteiger partial charge is 0.416 e. The van der Waals surface area contributed by atoms with E-state index in [0.717, 1.165) is 17.7 Å². The van der Waals surface area contributed by atoms with Crippen molar-refractivity contribution in [1.82, 2.24) is 4.90 Å². The van der Waals surface area contributed by atoms with E-state index in [2.05, 4.69) is 5.16 Å². The lowest BCUT2D eigenvalue weighted by atomic mass is 10.0. The van der Waals surface area contributed by atoms with Crippen LogP contribution >= 0.6 is 0 Å². The van der Waals surface area contributed by atoms with E-state index in [1.807, 2.05) is 30.3 Å². The molecule has 4 rings (SSSR count). The zero-order valence-electron chi connectivity index (χ0n) is 17.4. The molecule has 0 aromatic heterocycles. The summed E-state index contributed by atoms with van der Waals surface area (Å²) in [6.07, 6.45) is -4.61. The van der Waals surface area contributed by atoms with Crippen LogP contribution in [-0.4, -0.2) is 29.2 Å². The van der Waals surface area contributed by atoms with E-state index in [0.29, 0.717) is 12.1 Å². The molecule has 0 saturated carbocycles. The van der Waals surface area contributed by atoms with E-state index in [1.165, 1.54) is 41.3 Å². The van der Waals surface area contributed by atoms with Crippen molar-refractivity contribution in [2.75, 3.05) is 6.54 Å². The smallest absolute Gasteiger partial charge is 0.390 e. The van der Waals surface area contributed by atoms with Gasteiger partial charge in [-0.2, -0.15) is 13.2 Å². The molecule has 33 heavy (non-hydrogen) atoms.